The van der Waals surface area contributed by atoms with Crippen molar-refractivity contribution in [3.05, 3.63) is 23.2 Å². The van der Waals surface area contributed by atoms with Crippen LogP contribution >= 0.6 is 35.6 Å². The molecular formula is C8H6ClNS2. The first-order valence-corrected chi connectivity index (χ1v) is 5.25. The molecule has 1 nitrogen and oxygen atoms in total. The zero-order valence-electron chi connectivity index (χ0n) is 6.13. The lowest BCUT2D eigenvalue weighted by molar-refractivity contribution is 1.42. The molecule has 2 rings (SSSR count). The number of hydrogen-bond acceptors (Lipinski definition) is 2. The Bertz CT molecular complexity index is 338. The zero-order chi connectivity index (χ0) is 8.55. The van der Waals surface area contributed by atoms with Gasteiger partial charge in [-0.05, 0) is 18.2 Å². The van der Waals surface area contributed by atoms with E-state index in [0.717, 1.165) is 21.5 Å². The van der Waals surface area contributed by atoms with Crippen molar-refractivity contribution in [3.8, 4) is 0 Å². The first kappa shape index (κ1) is 8.35. The van der Waals surface area contributed by atoms with E-state index in [9.17, 15) is 0 Å². The number of fused-ring (bicyclic) bond motifs is 1. The van der Waals surface area contributed by atoms with Crippen LogP contribution in [0.5, 0.6) is 0 Å². The number of thiocarbonyl (C=S) groups is 1. The predicted octanol–water partition coefficient (Wildman–Crippen LogP) is 3.19. The van der Waals surface area contributed by atoms with Crippen LogP contribution in [-0.4, -0.2) is 10.7 Å². The summed E-state index contributed by atoms with van der Waals surface area (Å²) >= 11 is 12.6. The van der Waals surface area contributed by atoms with Crippen LogP contribution in [0.4, 0.5) is 5.69 Å². The van der Waals surface area contributed by atoms with Gasteiger partial charge >= 0.3 is 0 Å². The van der Waals surface area contributed by atoms with Crippen LogP contribution in [-0.2, 0) is 0 Å². The highest BCUT2D eigenvalue weighted by Crippen LogP contribution is 2.33. The number of thioether (sulfide) groups is 1. The number of benzene rings is 1. The minimum atomic E-state index is 0.742. The molecule has 0 saturated heterocycles. The van der Waals surface area contributed by atoms with Crippen LogP contribution in [0.1, 0.15) is 0 Å². The molecule has 1 aliphatic heterocycles. The summed E-state index contributed by atoms with van der Waals surface area (Å²) in [6, 6.07) is 5.80. The summed E-state index contributed by atoms with van der Waals surface area (Å²) in [5.41, 5.74) is 1.03. The lowest BCUT2D eigenvalue weighted by Crippen LogP contribution is -2.16. The molecule has 1 aromatic rings. The summed E-state index contributed by atoms with van der Waals surface area (Å²) in [6.45, 7) is 0. The van der Waals surface area contributed by atoms with Gasteiger partial charge in [0, 0.05) is 15.7 Å². The third-order valence-electron chi connectivity index (χ3n) is 1.57. The normalized spacial score (nSPS) is 15.2. The van der Waals surface area contributed by atoms with Gasteiger partial charge < -0.3 is 5.32 Å². The van der Waals surface area contributed by atoms with Gasteiger partial charge in [0.05, 0.1) is 10.7 Å². The molecule has 1 aromatic carbocycles. The Hall–Kier alpha value is -0.250. The van der Waals surface area contributed by atoms with Crippen molar-refractivity contribution in [3.63, 3.8) is 0 Å². The third kappa shape index (κ3) is 1.58. The maximum atomic E-state index is 5.83. The highest BCUT2D eigenvalue weighted by molar-refractivity contribution is 8.01. The van der Waals surface area contributed by atoms with Gasteiger partial charge in [-0.3, -0.25) is 0 Å². The van der Waals surface area contributed by atoms with Crippen molar-refractivity contribution in [2.75, 3.05) is 11.1 Å². The van der Waals surface area contributed by atoms with E-state index in [4.69, 9.17) is 23.8 Å². The van der Waals surface area contributed by atoms with Gasteiger partial charge in [-0.15, -0.1) is 11.8 Å². The predicted molar refractivity (Wildman–Crippen MR) is 58.4 cm³/mol. The second kappa shape index (κ2) is 3.24. The maximum absolute atomic E-state index is 5.83. The second-order valence-electron chi connectivity index (χ2n) is 2.48. The molecule has 1 N–H and O–H groups in total. The Morgan fingerprint density at radius 2 is 2.33 bits per heavy atom. The lowest BCUT2D eigenvalue weighted by Gasteiger charge is -2.17. The topological polar surface area (TPSA) is 12.0 Å². The van der Waals surface area contributed by atoms with Crippen molar-refractivity contribution in [2.45, 2.75) is 4.90 Å². The van der Waals surface area contributed by atoms with Gasteiger partial charge in [0.1, 0.15) is 0 Å². The fourth-order valence-corrected chi connectivity index (χ4v) is 2.30. The Morgan fingerprint density at radius 3 is 3.17 bits per heavy atom. The van der Waals surface area contributed by atoms with Crippen LogP contribution in [0.3, 0.4) is 0 Å². The van der Waals surface area contributed by atoms with E-state index in [-0.39, 0.29) is 0 Å². The van der Waals surface area contributed by atoms with Crippen LogP contribution in [0.2, 0.25) is 5.02 Å². The molecule has 4 heteroatoms. The minimum absolute atomic E-state index is 0.742. The monoisotopic (exact) mass is 215 g/mol. The van der Waals surface area contributed by atoms with E-state index < -0.39 is 0 Å². The van der Waals surface area contributed by atoms with Gasteiger partial charge in [0.25, 0.3) is 0 Å². The molecular weight excluding hydrogens is 210 g/mol. The average molecular weight is 216 g/mol. The summed E-state index contributed by atoms with van der Waals surface area (Å²) in [6.07, 6.45) is 0. The first-order valence-electron chi connectivity index (χ1n) is 3.48. The molecule has 0 atom stereocenters. The van der Waals surface area contributed by atoms with Crippen LogP contribution in [0.15, 0.2) is 23.1 Å². The van der Waals surface area contributed by atoms with Gasteiger partial charge in [-0.2, -0.15) is 0 Å². The summed E-state index contributed by atoms with van der Waals surface area (Å²) in [7, 11) is 0. The largest absolute Gasteiger partial charge is 0.348 e. The van der Waals surface area contributed by atoms with Gasteiger partial charge in [0.2, 0.25) is 0 Å². The molecule has 0 radical (unpaired) electrons. The average Bonchev–Trinajstić information content (AvgIpc) is 2.03. The molecule has 0 aromatic heterocycles. The second-order valence-corrected chi connectivity index (χ2v) is 4.42. The Labute approximate surface area is 85.5 Å². The first-order chi connectivity index (χ1) is 5.75. The molecule has 0 aliphatic carbocycles. The van der Waals surface area contributed by atoms with E-state index >= 15 is 0 Å². The third-order valence-corrected chi connectivity index (χ3v) is 3.34. The maximum Gasteiger partial charge on any atom is 0.0901 e. The number of hydrogen-bond donors (Lipinski definition) is 1. The van der Waals surface area contributed by atoms with E-state index in [1.165, 1.54) is 4.90 Å². The molecule has 12 heavy (non-hydrogen) atoms. The number of anilines is 1. The fraction of sp³-hybridized carbons (Fsp3) is 0.125. The summed E-state index contributed by atoms with van der Waals surface area (Å²) in [5.74, 6) is 0.865. The molecule has 0 fully saturated rings. The molecule has 0 amide bonds. The van der Waals surface area contributed by atoms with E-state index in [1.54, 1.807) is 11.8 Å². The number of halogens is 1. The summed E-state index contributed by atoms with van der Waals surface area (Å²) < 4.78 is 0. The number of rotatable bonds is 0. The van der Waals surface area contributed by atoms with Crippen molar-refractivity contribution in [2.24, 2.45) is 0 Å². The molecule has 62 valence electrons. The minimum Gasteiger partial charge on any atom is -0.348 e. The van der Waals surface area contributed by atoms with Crippen LogP contribution < -0.4 is 5.32 Å². The fourth-order valence-electron chi connectivity index (χ4n) is 1.06. The van der Waals surface area contributed by atoms with Crippen molar-refractivity contribution in [1.29, 1.82) is 0 Å². The van der Waals surface area contributed by atoms with E-state index in [0.29, 0.717) is 0 Å². The van der Waals surface area contributed by atoms with Crippen molar-refractivity contribution >= 4 is 46.3 Å². The Balaban J connectivity index is 2.44. The highest BCUT2D eigenvalue weighted by atomic mass is 35.5. The van der Waals surface area contributed by atoms with Gasteiger partial charge in [-0.25, -0.2) is 0 Å². The van der Waals surface area contributed by atoms with Gasteiger partial charge in [-0.1, -0.05) is 23.8 Å². The van der Waals surface area contributed by atoms with Crippen LogP contribution in [0, 0.1) is 0 Å². The molecule has 0 bridgehead atoms. The Morgan fingerprint density at radius 1 is 1.50 bits per heavy atom. The highest BCUT2D eigenvalue weighted by Gasteiger charge is 2.11. The van der Waals surface area contributed by atoms with Crippen molar-refractivity contribution in [1.82, 2.24) is 0 Å². The molecule has 0 saturated carbocycles. The molecule has 0 unspecified atom stereocenters. The summed E-state index contributed by atoms with van der Waals surface area (Å²) in [4.78, 5) is 2.09. The SMILES string of the molecule is S=C1CSc2ccc(Cl)cc2N1. The van der Waals surface area contributed by atoms with E-state index in [2.05, 4.69) is 5.32 Å². The van der Waals surface area contributed by atoms with Crippen molar-refractivity contribution < 1.29 is 0 Å². The van der Waals surface area contributed by atoms with E-state index in [1.807, 2.05) is 18.2 Å². The Kier molecular flexibility index (Phi) is 2.26. The van der Waals surface area contributed by atoms with Gasteiger partial charge in [0.15, 0.2) is 0 Å². The quantitative estimate of drug-likeness (QED) is 0.668. The standard InChI is InChI=1S/C8H6ClNS2/c9-5-1-2-7-6(3-5)10-8(11)4-12-7/h1-3H,4H2,(H,10,11). The smallest absolute Gasteiger partial charge is 0.0901 e. The molecule has 1 heterocycles. The summed E-state index contributed by atoms with van der Waals surface area (Å²) in [5, 5.41) is 3.87. The number of nitrogens with one attached hydrogen (secondary N) is 1. The zero-order valence-corrected chi connectivity index (χ0v) is 8.52. The molecule has 1 aliphatic rings. The lowest BCUT2D eigenvalue weighted by atomic mass is 10.3. The van der Waals surface area contributed by atoms with Crippen LogP contribution in [0.25, 0.3) is 0 Å². The molecule has 0 spiro atoms.